The number of halogens is 3. The van der Waals surface area contributed by atoms with Gasteiger partial charge in [-0.2, -0.15) is 0 Å². The summed E-state index contributed by atoms with van der Waals surface area (Å²) in [5.41, 5.74) is 2.50. The maximum absolute atomic E-state index is 6.25. The van der Waals surface area contributed by atoms with Crippen molar-refractivity contribution >= 4 is 64.9 Å². The van der Waals surface area contributed by atoms with Crippen LogP contribution in [0.4, 0.5) is 0 Å². The molecule has 0 aliphatic carbocycles. The fraction of sp³-hybridized carbons (Fsp3) is 0.125. The quantitative estimate of drug-likeness (QED) is 0.393. The Morgan fingerprint density at radius 3 is 2.70 bits per heavy atom. The summed E-state index contributed by atoms with van der Waals surface area (Å²) in [7, 11) is 0. The van der Waals surface area contributed by atoms with E-state index >= 15 is 0 Å². The molecule has 0 bridgehead atoms. The zero-order valence-corrected chi connectivity index (χ0v) is 15.2. The van der Waals surface area contributed by atoms with Gasteiger partial charge in [-0.05, 0) is 56.4 Å². The van der Waals surface area contributed by atoms with Crippen molar-refractivity contribution in [3.63, 3.8) is 0 Å². The lowest BCUT2D eigenvalue weighted by Crippen LogP contribution is -1.95. The predicted molar refractivity (Wildman–Crippen MR) is 96.3 cm³/mol. The molecular formula is C16H11Br2ClS. The molecule has 1 unspecified atom stereocenters. The third-order valence-electron chi connectivity index (χ3n) is 3.28. The molecule has 0 fully saturated rings. The van der Waals surface area contributed by atoms with Crippen LogP contribution in [-0.2, 0) is 6.42 Å². The van der Waals surface area contributed by atoms with Crippen LogP contribution in [0.3, 0.4) is 0 Å². The highest BCUT2D eigenvalue weighted by molar-refractivity contribution is 9.10. The summed E-state index contributed by atoms with van der Waals surface area (Å²) < 4.78 is 2.45. The first-order valence-electron chi connectivity index (χ1n) is 6.20. The van der Waals surface area contributed by atoms with Gasteiger partial charge >= 0.3 is 0 Å². The van der Waals surface area contributed by atoms with E-state index in [-0.39, 0.29) is 4.83 Å². The van der Waals surface area contributed by atoms with E-state index in [1.165, 1.54) is 21.2 Å². The SMILES string of the molecule is Clc1ccccc1CC(Br)c1csc2c(Br)cccc12. The van der Waals surface area contributed by atoms with Crippen molar-refractivity contribution < 1.29 is 0 Å². The smallest absolute Gasteiger partial charge is 0.0488 e. The van der Waals surface area contributed by atoms with Gasteiger partial charge in [-0.15, -0.1) is 11.3 Å². The zero-order chi connectivity index (χ0) is 14.1. The van der Waals surface area contributed by atoms with E-state index in [1.807, 2.05) is 18.2 Å². The molecule has 102 valence electrons. The van der Waals surface area contributed by atoms with Crippen molar-refractivity contribution in [3.05, 3.63) is 68.5 Å². The van der Waals surface area contributed by atoms with Crippen LogP contribution in [0, 0.1) is 0 Å². The first-order valence-corrected chi connectivity index (χ1v) is 9.16. The molecule has 3 aromatic rings. The summed E-state index contributed by atoms with van der Waals surface area (Å²) in [5, 5.41) is 4.36. The fourth-order valence-corrected chi connectivity index (χ4v) is 5.04. The van der Waals surface area contributed by atoms with Crippen molar-refractivity contribution in [3.8, 4) is 0 Å². The van der Waals surface area contributed by atoms with Gasteiger partial charge in [-0.1, -0.05) is 57.9 Å². The normalized spacial score (nSPS) is 12.8. The Labute approximate surface area is 144 Å². The minimum atomic E-state index is 0.269. The van der Waals surface area contributed by atoms with Crippen LogP contribution < -0.4 is 0 Å². The molecule has 0 saturated carbocycles. The van der Waals surface area contributed by atoms with E-state index in [0.717, 1.165) is 15.9 Å². The highest BCUT2D eigenvalue weighted by atomic mass is 79.9. The molecule has 0 spiro atoms. The second-order valence-corrected chi connectivity index (χ2v) is 7.82. The summed E-state index contributed by atoms with van der Waals surface area (Å²) in [6.45, 7) is 0. The van der Waals surface area contributed by atoms with Crippen molar-refractivity contribution in [2.75, 3.05) is 0 Å². The molecule has 0 nitrogen and oxygen atoms in total. The third kappa shape index (κ3) is 2.82. The molecule has 0 saturated heterocycles. The Bertz CT molecular complexity index is 751. The fourth-order valence-electron chi connectivity index (χ4n) is 2.25. The van der Waals surface area contributed by atoms with Gasteiger partial charge < -0.3 is 0 Å². The van der Waals surface area contributed by atoms with Gasteiger partial charge in [0.25, 0.3) is 0 Å². The Balaban J connectivity index is 1.95. The van der Waals surface area contributed by atoms with Crippen LogP contribution in [0.25, 0.3) is 10.1 Å². The van der Waals surface area contributed by atoms with Gasteiger partial charge in [0, 0.05) is 19.0 Å². The van der Waals surface area contributed by atoms with Crippen LogP contribution in [0.5, 0.6) is 0 Å². The van der Waals surface area contributed by atoms with Crippen LogP contribution >= 0.6 is 54.8 Å². The number of benzene rings is 2. The molecule has 0 amide bonds. The molecule has 20 heavy (non-hydrogen) atoms. The van der Waals surface area contributed by atoms with Crippen molar-refractivity contribution in [1.29, 1.82) is 0 Å². The number of alkyl halides is 1. The van der Waals surface area contributed by atoms with Crippen molar-refractivity contribution in [2.24, 2.45) is 0 Å². The highest BCUT2D eigenvalue weighted by Crippen LogP contribution is 2.39. The van der Waals surface area contributed by atoms with Crippen LogP contribution in [0.1, 0.15) is 16.0 Å². The summed E-state index contributed by atoms with van der Waals surface area (Å²) in [6.07, 6.45) is 0.887. The van der Waals surface area contributed by atoms with E-state index in [2.05, 4.69) is 61.5 Å². The molecule has 0 radical (unpaired) electrons. The Hall–Kier alpha value is -0.350. The summed E-state index contributed by atoms with van der Waals surface area (Å²) in [4.78, 5) is 0.269. The number of fused-ring (bicyclic) bond motifs is 1. The molecule has 1 heterocycles. The van der Waals surface area contributed by atoms with E-state index in [4.69, 9.17) is 11.6 Å². The lowest BCUT2D eigenvalue weighted by molar-refractivity contribution is 0.962. The van der Waals surface area contributed by atoms with Crippen LogP contribution in [-0.4, -0.2) is 0 Å². The van der Waals surface area contributed by atoms with Crippen molar-refractivity contribution in [2.45, 2.75) is 11.2 Å². The molecule has 3 rings (SSSR count). The largest absolute Gasteiger partial charge is 0.142 e. The topological polar surface area (TPSA) is 0 Å². The molecule has 0 aliphatic heterocycles. The van der Waals surface area contributed by atoms with Gasteiger partial charge in [0.15, 0.2) is 0 Å². The minimum absolute atomic E-state index is 0.269. The summed E-state index contributed by atoms with van der Waals surface area (Å²) in [5.74, 6) is 0. The maximum atomic E-state index is 6.25. The second-order valence-electron chi connectivity index (χ2n) is 4.57. The monoisotopic (exact) mass is 428 g/mol. The highest BCUT2D eigenvalue weighted by Gasteiger charge is 2.15. The third-order valence-corrected chi connectivity index (χ3v) is 6.43. The lowest BCUT2D eigenvalue weighted by Gasteiger charge is -2.10. The van der Waals surface area contributed by atoms with E-state index in [1.54, 1.807) is 11.3 Å². The van der Waals surface area contributed by atoms with E-state index in [9.17, 15) is 0 Å². The van der Waals surface area contributed by atoms with Crippen LogP contribution in [0.2, 0.25) is 5.02 Å². The molecule has 2 aromatic carbocycles. The van der Waals surface area contributed by atoms with E-state index in [0.29, 0.717) is 0 Å². The van der Waals surface area contributed by atoms with Gasteiger partial charge in [0.1, 0.15) is 0 Å². The van der Waals surface area contributed by atoms with Crippen molar-refractivity contribution in [1.82, 2.24) is 0 Å². The Morgan fingerprint density at radius 2 is 1.90 bits per heavy atom. The number of rotatable bonds is 3. The number of hydrogen-bond acceptors (Lipinski definition) is 1. The summed E-state index contributed by atoms with van der Waals surface area (Å²) >= 11 is 15.4. The first kappa shape index (κ1) is 14.6. The average molecular weight is 431 g/mol. The molecule has 1 aromatic heterocycles. The minimum Gasteiger partial charge on any atom is -0.142 e. The van der Waals surface area contributed by atoms with Gasteiger partial charge in [-0.25, -0.2) is 0 Å². The molecule has 4 heteroatoms. The Kier molecular flexibility index (Phi) is 4.51. The molecular weight excluding hydrogens is 420 g/mol. The van der Waals surface area contributed by atoms with Gasteiger partial charge in [-0.3, -0.25) is 0 Å². The Morgan fingerprint density at radius 1 is 1.10 bits per heavy atom. The predicted octanol–water partition coefficient (Wildman–Crippen LogP) is 7.00. The van der Waals surface area contributed by atoms with Gasteiger partial charge in [0.2, 0.25) is 0 Å². The first-order chi connectivity index (χ1) is 9.66. The second kappa shape index (κ2) is 6.18. The zero-order valence-electron chi connectivity index (χ0n) is 10.4. The number of thiophene rings is 1. The standard InChI is InChI=1S/C16H11Br2ClS/c17-13-6-3-5-11-12(9-20-16(11)13)14(18)8-10-4-1-2-7-15(10)19/h1-7,9,14H,8H2. The van der Waals surface area contributed by atoms with Gasteiger partial charge in [0.05, 0.1) is 0 Å². The van der Waals surface area contributed by atoms with Crippen LogP contribution in [0.15, 0.2) is 52.3 Å². The lowest BCUT2D eigenvalue weighted by atomic mass is 10.0. The summed E-state index contributed by atoms with van der Waals surface area (Å²) in [6, 6.07) is 14.4. The number of hydrogen-bond donors (Lipinski definition) is 0. The molecule has 0 aliphatic rings. The average Bonchev–Trinajstić information content (AvgIpc) is 2.87. The molecule has 1 atom stereocenters. The molecule has 0 N–H and O–H groups in total. The van der Waals surface area contributed by atoms with E-state index < -0.39 is 0 Å². The maximum Gasteiger partial charge on any atom is 0.0488 e.